The number of hydrogen-bond acceptors (Lipinski definition) is 6. The summed E-state index contributed by atoms with van der Waals surface area (Å²) in [4.78, 5) is 42.4. The second kappa shape index (κ2) is 5.02. The third kappa shape index (κ3) is 3.46. The third-order valence-electron chi connectivity index (χ3n) is 1.15. The number of rotatable bonds is 4. The van der Waals surface area contributed by atoms with Crippen molar-refractivity contribution in [2.24, 2.45) is 0 Å². The Kier molecular flexibility index (Phi) is 4.36. The van der Waals surface area contributed by atoms with E-state index >= 15 is 0 Å². The lowest BCUT2D eigenvalue weighted by atomic mass is 10.2. The van der Waals surface area contributed by atoms with Gasteiger partial charge in [0.2, 0.25) is 11.6 Å². The molecule has 0 atom stereocenters. The first-order valence-corrected chi connectivity index (χ1v) is 3.25. The standard InChI is InChI=1S/C7H8O6/c1-12-6(10)4(8)3-5(9)7(11)13-2/h3H2,1-2H3. The molecule has 0 aromatic carbocycles. The van der Waals surface area contributed by atoms with E-state index in [4.69, 9.17) is 0 Å². The monoisotopic (exact) mass is 188 g/mol. The lowest BCUT2D eigenvalue weighted by Crippen LogP contribution is -2.24. The van der Waals surface area contributed by atoms with Crippen molar-refractivity contribution in [2.45, 2.75) is 6.42 Å². The summed E-state index contributed by atoms with van der Waals surface area (Å²) in [6.07, 6.45) is -0.820. The van der Waals surface area contributed by atoms with E-state index in [1.165, 1.54) is 0 Å². The van der Waals surface area contributed by atoms with Crippen molar-refractivity contribution in [3.63, 3.8) is 0 Å². The number of Topliss-reactive ketones (excluding diaryl/α,β-unsaturated/α-hetero) is 2. The summed E-state index contributed by atoms with van der Waals surface area (Å²) in [6.45, 7) is 0. The maximum Gasteiger partial charge on any atom is 0.374 e. The Morgan fingerprint density at radius 2 is 1.15 bits per heavy atom. The topological polar surface area (TPSA) is 86.7 Å². The fourth-order valence-electron chi connectivity index (χ4n) is 0.518. The third-order valence-corrected chi connectivity index (χ3v) is 1.15. The van der Waals surface area contributed by atoms with Crippen molar-refractivity contribution in [3.8, 4) is 0 Å². The highest BCUT2D eigenvalue weighted by Crippen LogP contribution is 1.91. The molecule has 0 heterocycles. The second-order valence-electron chi connectivity index (χ2n) is 2.01. The molecule has 0 fully saturated rings. The number of ketones is 2. The molecule has 0 saturated carbocycles. The summed E-state index contributed by atoms with van der Waals surface area (Å²) in [5.74, 6) is -4.45. The molecule has 0 radical (unpaired) electrons. The zero-order chi connectivity index (χ0) is 10.4. The fraction of sp³-hybridized carbons (Fsp3) is 0.429. The molecule has 0 bridgehead atoms. The summed E-state index contributed by atoms with van der Waals surface area (Å²) >= 11 is 0. The molecule has 0 spiro atoms. The molecule has 0 aliphatic heterocycles. The van der Waals surface area contributed by atoms with Gasteiger partial charge >= 0.3 is 11.9 Å². The Balaban J connectivity index is 4.15. The van der Waals surface area contributed by atoms with E-state index in [-0.39, 0.29) is 0 Å². The minimum Gasteiger partial charge on any atom is -0.463 e. The quantitative estimate of drug-likeness (QED) is 0.315. The van der Waals surface area contributed by atoms with Gasteiger partial charge in [-0.2, -0.15) is 0 Å². The molecule has 0 aliphatic carbocycles. The van der Waals surface area contributed by atoms with Gasteiger partial charge in [0.25, 0.3) is 0 Å². The first-order valence-electron chi connectivity index (χ1n) is 3.25. The predicted octanol–water partition coefficient (Wildman–Crippen LogP) is -1.14. The first-order chi connectivity index (χ1) is 6.02. The first kappa shape index (κ1) is 11.3. The van der Waals surface area contributed by atoms with Gasteiger partial charge in [-0.15, -0.1) is 0 Å². The average molecular weight is 188 g/mol. The van der Waals surface area contributed by atoms with Crippen molar-refractivity contribution in [1.29, 1.82) is 0 Å². The summed E-state index contributed by atoms with van der Waals surface area (Å²) in [6, 6.07) is 0. The molecule has 13 heavy (non-hydrogen) atoms. The van der Waals surface area contributed by atoms with Crippen LogP contribution in [0.1, 0.15) is 6.42 Å². The molecule has 0 saturated heterocycles. The van der Waals surface area contributed by atoms with Gasteiger partial charge in [-0.1, -0.05) is 0 Å². The lowest BCUT2D eigenvalue weighted by Gasteiger charge is -1.96. The van der Waals surface area contributed by atoms with Crippen molar-refractivity contribution in [3.05, 3.63) is 0 Å². The molecule has 0 rings (SSSR count). The molecular weight excluding hydrogens is 180 g/mol. The van der Waals surface area contributed by atoms with Gasteiger partial charge in [0.1, 0.15) is 0 Å². The smallest absolute Gasteiger partial charge is 0.374 e. The highest BCUT2D eigenvalue weighted by atomic mass is 16.5. The Hall–Kier alpha value is -1.72. The van der Waals surface area contributed by atoms with Gasteiger partial charge in [0.15, 0.2) is 0 Å². The van der Waals surface area contributed by atoms with Crippen LogP contribution in [-0.4, -0.2) is 37.7 Å². The van der Waals surface area contributed by atoms with E-state index in [1.54, 1.807) is 0 Å². The molecule has 0 unspecified atom stereocenters. The molecule has 0 aliphatic rings. The van der Waals surface area contributed by atoms with E-state index in [9.17, 15) is 19.2 Å². The number of hydrogen-bond donors (Lipinski definition) is 0. The van der Waals surface area contributed by atoms with E-state index in [1.807, 2.05) is 0 Å². The molecule has 0 amide bonds. The zero-order valence-electron chi connectivity index (χ0n) is 7.16. The fourth-order valence-corrected chi connectivity index (χ4v) is 0.518. The largest absolute Gasteiger partial charge is 0.463 e. The highest BCUT2D eigenvalue weighted by molar-refractivity contribution is 6.45. The normalized spacial score (nSPS) is 8.77. The summed E-state index contributed by atoms with van der Waals surface area (Å²) in [5, 5.41) is 0. The van der Waals surface area contributed by atoms with E-state index in [0.717, 1.165) is 14.2 Å². The number of carbonyl (C=O) groups excluding carboxylic acids is 4. The van der Waals surface area contributed by atoms with Crippen LogP contribution in [0.2, 0.25) is 0 Å². The van der Waals surface area contributed by atoms with Crippen molar-refractivity contribution >= 4 is 23.5 Å². The molecule has 6 heteroatoms. The Morgan fingerprint density at radius 3 is 1.38 bits per heavy atom. The molecule has 0 aromatic rings. The molecule has 0 aromatic heterocycles. The van der Waals surface area contributed by atoms with Gasteiger partial charge in [-0.3, -0.25) is 9.59 Å². The van der Waals surface area contributed by atoms with Crippen LogP contribution in [0.25, 0.3) is 0 Å². The van der Waals surface area contributed by atoms with Crippen LogP contribution in [0.4, 0.5) is 0 Å². The maximum absolute atomic E-state index is 10.7. The van der Waals surface area contributed by atoms with Crippen LogP contribution in [-0.2, 0) is 28.7 Å². The Labute approximate surface area is 73.8 Å². The SMILES string of the molecule is COC(=O)C(=O)CC(=O)C(=O)OC. The minimum atomic E-state index is -1.16. The maximum atomic E-state index is 10.7. The summed E-state index contributed by atoms with van der Waals surface area (Å²) < 4.78 is 8.07. The Bertz CT molecular complexity index is 228. The van der Waals surface area contributed by atoms with Crippen LogP contribution in [0.15, 0.2) is 0 Å². The summed E-state index contributed by atoms with van der Waals surface area (Å²) in [7, 11) is 2.01. The molecule has 0 N–H and O–H groups in total. The van der Waals surface area contributed by atoms with Gasteiger partial charge in [-0.05, 0) is 0 Å². The predicted molar refractivity (Wildman–Crippen MR) is 38.7 cm³/mol. The van der Waals surface area contributed by atoms with E-state index in [2.05, 4.69) is 9.47 Å². The van der Waals surface area contributed by atoms with E-state index in [0.29, 0.717) is 0 Å². The lowest BCUT2D eigenvalue weighted by molar-refractivity contribution is -0.156. The van der Waals surface area contributed by atoms with Crippen LogP contribution in [0.5, 0.6) is 0 Å². The van der Waals surface area contributed by atoms with Crippen LogP contribution in [0.3, 0.4) is 0 Å². The van der Waals surface area contributed by atoms with Crippen molar-refractivity contribution in [1.82, 2.24) is 0 Å². The number of methoxy groups -OCH3 is 2. The van der Waals surface area contributed by atoms with Crippen molar-refractivity contribution in [2.75, 3.05) is 14.2 Å². The molecule has 72 valence electrons. The minimum absolute atomic E-state index is 0.820. The van der Waals surface area contributed by atoms with E-state index < -0.39 is 29.9 Å². The van der Waals surface area contributed by atoms with Gasteiger partial charge in [-0.25, -0.2) is 9.59 Å². The average Bonchev–Trinajstić information content (AvgIpc) is 2.14. The number of ether oxygens (including phenoxy) is 2. The number of carbonyl (C=O) groups is 4. The Morgan fingerprint density at radius 1 is 0.846 bits per heavy atom. The van der Waals surface area contributed by atoms with Crippen molar-refractivity contribution < 1.29 is 28.7 Å². The van der Waals surface area contributed by atoms with Crippen LogP contribution in [0, 0.1) is 0 Å². The van der Waals surface area contributed by atoms with Gasteiger partial charge < -0.3 is 9.47 Å². The van der Waals surface area contributed by atoms with Gasteiger partial charge in [0, 0.05) is 0 Å². The zero-order valence-corrected chi connectivity index (χ0v) is 7.16. The van der Waals surface area contributed by atoms with Gasteiger partial charge in [0.05, 0.1) is 20.6 Å². The summed E-state index contributed by atoms with van der Waals surface area (Å²) in [5.41, 5.74) is 0. The van der Waals surface area contributed by atoms with Crippen LogP contribution >= 0.6 is 0 Å². The molecule has 6 nitrogen and oxygen atoms in total. The molecular formula is C7H8O6. The highest BCUT2D eigenvalue weighted by Gasteiger charge is 2.23. The second-order valence-corrected chi connectivity index (χ2v) is 2.01. The van der Waals surface area contributed by atoms with Crippen LogP contribution < -0.4 is 0 Å². The number of esters is 2.